The first-order valence-corrected chi connectivity index (χ1v) is 7.52. The fourth-order valence-electron chi connectivity index (χ4n) is 2.98. The van der Waals surface area contributed by atoms with Gasteiger partial charge in [-0.3, -0.25) is 0 Å². The Balaban J connectivity index is 2.01. The van der Waals surface area contributed by atoms with Crippen molar-refractivity contribution in [3.63, 3.8) is 0 Å². The summed E-state index contributed by atoms with van der Waals surface area (Å²) in [6.45, 7) is 4.58. The molecule has 3 atom stereocenters. The lowest BCUT2D eigenvalue weighted by Crippen LogP contribution is -2.34. The lowest BCUT2D eigenvalue weighted by Gasteiger charge is -2.25. The zero-order valence-corrected chi connectivity index (χ0v) is 12.3. The van der Waals surface area contributed by atoms with Crippen LogP contribution in [0.5, 0.6) is 0 Å². The molecule has 1 saturated carbocycles. The molecule has 1 aliphatic rings. The molecule has 0 saturated heterocycles. The van der Waals surface area contributed by atoms with Crippen molar-refractivity contribution in [3.05, 3.63) is 34.3 Å². The molecule has 3 unspecified atom stereocenters. The summed E-state index contributed by atoms with van der Waals surface area (Å²) in [7, 11) is 0. The smallest absolute Gasteiger partial charge is 0.0305 e. The number of benzene rings is 1. The van der Waals surface area contributed by atoms with E-state index in [4.69, 9.17) is 0 Å². The molecule has 0 bridgehead atoms. The molecule has 1 nitrogen and oxygen atoms in total. The predicted molar refractivity (Wildman–Crippen MR) is 77.1 cm³/mol. The maximum Gasteiger partial charge on any atom is 0.0305 e. The van der Waals surface area contributed by atoms with Crippen molar-refractivity contribution in [2.75, 3.05) is 0 Å². The van der Waals surface area contributed by atoms with Gasteiger partial charge in [-0.1, -0.05) is 53.9 Å². The monoisotopic (exact) mass is 295 g/mol. The molecule has 17 heavy (non-hydrogen) atoms. The predicted octanol–water partition coefficient (Wildman–Crippen LogP) is 4.68. The zero-order chi connectivity index (χ0) is 12.3. The Hall–Kier alpha value is -0.340. The molecule has 0 amide bonds. The number of hydrogen-bond acceptors (Lipinski definition) is 1. The number of hydrogen-bond donors (Lipinski definition) is 1. The zero-order valence-electron chi connectivity index (χ0n) is 10.7. The van der Waals surface area contributed by atoms with Gasteiger partial charge in [0.1, 0.15) is 0 Å². The second kappa shape index (κ2) is 6.01. The van der Waals surface area contributed by atoms with E-state index in [0.717, 1.165) is 5.92 Å². The van der Waals surface area contributed by atoms with Crippen LogP contribution in [0.3, 0.4) is 0 Å². The number of halogens is 1. The molecule has 1 N–H and O–H groups in total. The largest absolute Gasteiger partial charge is 0.307 e. The standard InChI is InChI=1S/C15H22BrN/c1-3-12-7-6-10-15(12)17-11(2)13-8-4-5-9-14(13)16/h4-5,8-9,11-12,15,17H,3,6-7,10H2,1-2H3. The van der Waals surface area contributed by atoms with Crippen LogP contribution < -0.4 is 5.32 Å². The van der Waals surface area contributed by atoms with Crippen LogP contribution in [0.1, 0.15) is 51.1 Å². The highest BCUT2D eigenvalue weighted by molar-refractivity contribution is 9.10. The molecule has 0 radical (unpaired) electrons. The summed E-state index contributed by atoms with van der Waals surface area (Å²) in [6, 6.07) is 9.66. The maximum atomic E-state index is 3.81. The fourth-order valence-corrected chi connectivity index (χ4v) is 3.61. The third-order valence-electron chi connectivity index (χ3n) is 4.02. The van der Waals surface area contributed by atoms with Gasteiger partial charge in [0, 0.05) is 16.6 Å². The molecule has 2 rings (SSSR count). The van der Waals surface area contributed by atoms with Gasteiger partial charge in [0.25, 0.3) is 0 Å². The second-order valence-corrected chi connectivity index (χ2v) is 5.97. The molecule has 1 aromatic carbocycles. The topological polar surface area (TPSA) is 12.0 Å². The molecule has 1 aromatic rings. The lowest BCUT2D eigenvalue weighted by molar-refractivity contribution is 0.360. The first-order valence-electron chi connectivity index (χ1n) is 6.72. The minimum atomic E-state index is 0.433. The van der Waals surface area contributed by atoms with Gasteiger partial charge in [0.05, 0.1) is 0 Å². The first kappa shape index (κ1) is 13.1. The van der Waals surface area contributed by atoms with Crippen molar-refractivity contribution < 1.29 is 0 Å². The quantitative estimate of drug-likeness (QED) is 0.850. The van der Waals surface area contributed by atoms with Crippen molar-refractivity contribution in [2.45, 2.75) is 51.6 Å². The maximum absolute atomic E-state index is 3.81. The molecule has 94 valence electrons. The first-order chi connectivity index (χ1) is 8.22. The summed E-state index contributed by atoms with van der Waals surface area (Å²) < 4.78 is 1.21. The van der Waals surface area contributed by atoms with Gasteiger partial charge in [-0.15, -0.1) is 0 Å². The fraction of sp³-hybridized carbons (Fsp3) is 0.600. The van der Waals surface area contributed by atoms with Crippen LogP contribution >= 0.6 is 15.9 Å². The number of nitrogens with one attached hydrogen (secondary N) is 1. The van der Waals surface area contributed by atoms with Gasteiger partial charge < -0.3 is 5.32 Å². The van der Waals surface area contributed by atoms with Gasteiger partial charge >= 0.3 is 0 Å². The Bertz CT molecular complexity index is 364. The Morgan fingerprint density at radius 3 is 2.82 bits per heavy atom. The van der Waals surface area contributed by atoms with Gasteiger partial charge in [0.2, 0.25) is 0 Å². The average molecular weight is 296 g/mol. The summed E-state index contributed by atoms with van der Waals surface area (Å²) in [4.78, 5) is 0. The van der Waals surface area contributed by atoms with E-state index < -0.39 is 0 Å². The van der Waals surface area contributed by atoms with Crippen LogP contribution in [0.2, 0.25) is 0 Å². The van der Waals surface area contributed by atoms with Crippen LogP contribution in [0.15, 0.2) is 28.7 Å². The Morgan fingerprint density at radius 2 is 2.12 bits per heavy atom. The average Bonchev–Trinajstić information content (AvgIpc) is 2.76. The van der Waals surface area contributed by atoms with E-state index in [1.165, 1.54) is 35.7 Å². The minimum Gasteiger partial charge on any atom is -0.307 e. The molecule has 2 heteroatoms. The number of rotatable bonds is 4. The molecular formula is C15H22BrN. The lowest BCUT2D eigenvalue weighted by atomic mass is 9.98. The molecule has 0 heterocycles. The van der Waals surface area contributed by atoms with E-state index in [1.54, 1.807) is 0 Å². The summed E-state index contributed by atoms with van der Waals surface area (Å²) in [5.74, 6) is 0.875. The van der Waals surface area contributed by atoms with E-state index >= 15 is 0 Å². The van der Waals surface area contributed by atoms with Crippen molar-refractivity contribution in [2.24, 2.45) is 5.92 Å². The van der Waals surface area contributed by atoms with Gasteiger partial charge in [0.15, 0.2) is 0 Å². The molecular weight excluding hydrogens is 274 g/mol. The summed E-state index contributed by atoms with van der Waals surface area (Å²) in [5.41, 5.74) is 1.37. The molecule has 0 aliphatic heterocycles. The third kappa shape index (κ3) is 3.11. The van der Waals surface area contributed by atoms with Crippen molar-refractivity contribution in [1.82, 2.24) is 5.32 Å². The Morgan fingerprint density at radius 1 is 1.35 bits per heavy atom. The van der Waals surface area contributed by atoms with Gasteiger partial charge in [-0.25, -0.2) is 0 Å². The highest BCUT2D eigenvalue weighted by atomic mass is 79.9. The minimum absolute atomic E-state index is 0.433. The summed E-state index contributed by atoms with van der Waals surface area (Å²) in [5, 5.41) is 3.81. The van der Waals surface area contributed by atoms with E-state index in [-0.39, 0.29) is 0 Å². The third-order valence-corrected chi connectivity index (χ3v) is 4.74. The molecule has 0 spiro atoms. The van der Waals surface area contributed by atoms with Crippen LogP contribution in [-0.2, 0) is 0 Å². The van der Waals surface area contributed by atoms with Gasteiger partial charge in [-0.2, -0.15) is 0 Å². The second-order valence-electron chi connectivity index (χ2n) is 5.12. The van der Waals surface area contributed by atoms with E-state index in [9.17, 15) is 0 Å². The Labute approximate surface area is 113 Å². The summed E-state index contributed by atoms with van der Waals surface area (Å²) in [6.07, 6.45) is 5.43. The highest BCUT2D eigenvalue weighted by Gasteiger charge is 2.27. The molecule has 0 aromatic heterocycles. The van der Waals surface area contributed by atoms with Crippen LogP contribution in [0, 0.1) is 5.92 Å². The van der Waals surface area contributed by atoms with Crippen molar-refractivity contribution in [3.8, 4) is 0 Å². The van der Waals surface area contributed by atoms with E-state index in [0.29, 0.717) is 12.1 Å². The normalized spacial score (nSPS) is 26.1. The van der Waals surface area contributed by atoms with Crippen LogP contribution in [-0.4, -0.2) is 6.04 Å². The van der Waals surface area contributed by atoms with E-state index in [2.05, 4.69) is 59.4 Å². The highest BCUT2D eigenvalue weighted by Crippen LogP contribution is 2.31. The van der Waals surface area contributed by atoms with Crippen molar-refractivity contribution in [1.29, 1.82) is 0 Å². The van der Waals surface area contributed by atoms with Crippen molar-refractivity contribution >= 4 is 15.9 Å². The van der Waals surface area contributed by atoms with Gasteiger partial charge in [-0.05, 0) is 37.3 Å². The molecule has 1 fully saturated rings. The Kier molecular flexibility index (Phi) is 4.63. The van der Waals surface area contributed by atoms with E-state index in [1.807, 2.05) is 0 Å². The summed E-state index contributed by atoms with van der Waals surface area (Å²) >= 11 is 3.64. The van der Waals surface area contributed by atoms with Crippen LogP contribution in [0.4, 0.5) is 0 Å². The SMILES string of the molecule is CCC1CCCC1NC(C)c1ccccc1Br. The van der Waals surface area contributed by atoms with Crippen LogP contribution in [0.25, 0.3) is 0 Å². The molecule has 1 aliphatic carbocycles.